The van der Waals surface area contributed by atoms with Crippen LogP contribution in [0.4, 0.5) is 0 Å². The van der Waals surface area contributed by atoms with E-state index in [1.165, 1.54) is 11.3 Å². The summed E-state index contributed by atoms with van der Waals surface area (Å²) in [6.07, 6.45) is 1.84. The number of hydrogen-bond donors (Lipinski definition) is 0. The van der Waals surface area contributed by atoms with E-state index in [1.807, 2.05) is 49.4 Å². The zero-order valence-corrected chi connectivity index (χ0v) is 20.3. The van der Waals surface area contributed by atoms with Gasteiger partial charge in [0.25, 0.3) is 5.56 Å². The Balaban J connectivity index is 1.97. The maximum atomic E-state index is 13.6. The molecule has 0 N–H and O–H groups in total. The van der Waals surface area contributed by atoms with Crippen molar-refractivity contribution in [2.24, 2.45) is 4.99 Å². The number of fused-ring (bicyclic) bond motifs is 1. The summed E-state index contributed by atoms with van der Waals surface area (Å²) in [7, 11) is 1.57. The maximum absolute atomic E-state index is 13.6. The number of nitrogens with zero attached hydrogens (tertiary/aromatic N) is 2. The molecule has 8 heteroatoms. The van der Waals surface area contributed by atoms with Gasteiger partial charge < -0.3 is 14.2 Å². The van der Waals surface area contributed by atoms with Gasteiger partial charge in [0.1, 0.15) is 0 Å². The second kappa shape index (κ2) is 10.1. The minimum absolute atomic E-state index is 0.216. The Morgan fingerprint density at radius 3 is 2.56 bits per heavy atom. The highest BCUT2D eigenvalue weighted by molar-refractivity contribution is 7.07. The van der Waals surface area contributed by atoms with E-state index in [2.05, 4.69) is 4.99 Å². The number of esters is 1. The predicted molar refractivity (Wildman–Crippen MR) is 131 cm³/mol. The molecule has 2 heterocycles. The number of hydrogen-bond acceptors (Lipinski definition) is 7. The van der Waals surface area contributed by atoms with Crippen LogP contribution in [0.15, 0.2) is 69.6 Å². The third-order valence-corrected chi connectivity index (χ3v) is 6.40. The van der Waals surface area contributed by atoms with Crippen molar-refractivity contribution in [3.8, 4) is 11.5 Å². The van der Waals surface area contributed by atoms with Gasteiger partial charge in [-0.3, -0.25) is 9.36 Å². The smallest absolute Gasteiger partial charge is 0.338 e. The van der Waals surface area contributed by atoms with Gasteiger partial charge in [-0.15, -0.1) is 0 Å². The molecule has 0 aliphatic carbocycles. The van der Waals surface area contributed by atoms with E-state index in [0.717, 1.165) is 5.56 Å². The third kappa shape index (κ3) is 4.41. The number of aromatic nitrogens is 1. The number of benzene rings is 2. The van der Waals surface area contributed by atoms with Crippen molar-refractivity contribution in [2.75, 3.05) is 20.3 Å². The number of allylic oxidation sites excluding steroid dienone is 1. The van der Waals surface area contributed by atoms with Gasteiger partial charge in [-0.1, -0.05) is 47.7 Å². The second-order valence-corrected chi connectivity index (χ2v) is 8.57. The normalized spacial score (nSPS) is 15.5. The minimum atomic E-state index is -0.710. The molecule has 3 aromatic rings. The first kappa shape index (κ1) is 23.5. The summed E-state index contributed by atoms with van der Waals surface area (Å²) in [5, 5.41) is 0. The molecule has 0 bridgehead atoms. The van der Waals surface area contributed by atoms with Crippen LogP contribution in [-0.2, 0) is 9.53 Å². The van der Waals surface area contributed by atoms with Crippen molar-refractivity contribution in [3.63, 3.8) is 0 Å². The first-order chi connectivity index (χ1) is 16.5. The van der Waals surface area contributed by atoms with Crippen LogP contribution in [0.2, 0.25) is 0 Å². The highest BCUT2D eigenvalue weighted by Gasteiger charge is 2.33. The van der Waals surface area contributed by atoms with Crippen LogP contribution in [0.25, 0.3) is 6.08 Å². The van der Waals surface area contributed by atoms with Gasteiger partial charge in [-0.05, 0) is 50.1 Å². The summed E-state index contributed by atoms with van der Waals surface area (Å²) in [6, 6.07) is 14.3. The first-order valence-electron chi connectivity index (χ1n) is 11.0. The Labute approximate surface area is 201 Å². The fourth-order valence-electron chi connectivity index (χ4n) is 3.94. The lowest BCUT2D eigenvalue weighted by Crippen LogP contribution is -2.40. The zero-order chi connectivity index (χ0) is 24.2. The van der Waals surface area contributed by atoms with Crippen LogP contribution < -0.4 is 24.4 Å². The van der Waals surface area contributed by atoms with Crippen molar-refractivity contribution in [2.45, 2.75) is 26.8 Å². The van der Waals surface area contributed by atoms with Gasteiger partial charge in [0, 0.05) is 0 Å². The summed E-state index contributed by atoms with van der Waals surface area (Å²) in [5.41, 5.74) is 2.24. The van der Waals surface area contributed by atoms with Crippen LogP contribution >= 0.6 is 11.3 Å². The largest absolute Gasteiger partial charge is 0.493 e. The Hall–Kier alpha value is -3.65. The van der Waals surface area contributed by atoms with Gasteiger partial charge in [0.2, 0.25) is 0 Å². The van der Waals surface area contributed by atoms with Crippen molar-refractivity contribution >= 4 is 23.4 Å². The van der Waals surface area contributed by atoms with E-state index in [4.69, 9.17) is 14.2 Å². The van der Waals surface area contributed by atoms with Gasteiger partial charge in [0.15, 0.2) is 16.3 Å². The SMILES string of the molecule is CCOC(=O)C1=C(C)N=c2s/c(=C\c3ccccc3)c(=O)n2[C@H]1c1ccc(OC)c(OCC)c1. The van der Waals surface area contributed by atoms with E-state index in [0.29, 0.717) is 44.3 Å². The molecule has 1 aliphatic rings. The van der Waals surface area contributed by atoms with E-state index in [9.17, 15) is 9.59 Å². The molecule has 0 unspecified atom stereocenters. The summed E-state index contributed by atoms with van der Waals surface area (Å²) < 4.78 is 18.6. The number of carbonyl (C=O) groups excluding carboxylic acids is 1. The Kier molecular flexibility index (Phi) is 6.98. The molecule has 34 heavy (non-hydrogen) atoms. The van der Waals surface area contributed by atoms with Crippen LogP contribution in [0, 0.1) is 0 Å². The van der Waals surface area contributed by atoms with E-state index in [-0.39, 0.29) is 12.2 Å². The fourth-order valence-corrected chi connectivity index (χ4v) is 4.99. The molecule has 4 rings (SSSR count). The Morgan fingerprint density at radius 2 is 1.88 bits per heavy atom. The molecule has 7 nitrogen and oxygen atoms in total. The summed E-state index contributed by atoms with van der Waals surface area (Å²) in [6.45, 7) is 6.05. The molecule has 0 saturated carbocycles. The molecule has 0 saturated heterocycles. The molecule has 1 aromatic heterocycles. The molecule has 0 amide bonds. The molecular formula is C26H26N2O5S. The van der Waals surface area contributed by atoms with Gasteiger partial charge in [-0.2, -0.15) is 0 Å². The van der Waals surface area contributed by atoms with Gasteiger partial charge in [0.05, 0.1) is 42.2 Å². The standard InChI is InChI=1S/C26H26N2O5S/c1-5-32-20-15-18(12-13-19(20)31-4)23-22(25(30)33-6-2)16(3)27-26-28(23)24(29)21(34-26)14-17-10-8-7-9-11-17/h7-15,23H,5-6H2,1-4H3/b21-14-/t23-/m0/s1. The summed E-state index contributed by atoms with van der Waals surface area (Å²) >= 11 is 1.29. The fraction of sp³-hybridized carbons (Fsp3) is 0.269. The molecule has 2 aromatic carbocycles. The molecular weight excluding hydrogens is 452 g/mol. The van der Waals surface area contributed by atoms with Crippen molar-refractivity contribution in [1.29, 1.82) is 0 Å². The molecule has 1 aliphatic heterocycles. The topological polar surface area (TPSA) is 79.1 Å². The molecule has 0 radical (unpaired) electrons. The quantitative estimate of drug-likeness (QED) is 0.488. The maximum Gasteiger partial charge on any atom is 0.338 e. The monoisotopic (exact) mass is 478 g/mol. The lowest BCUT2D eigenvalue weighted by atomic mass is 9.95. The zero-order valence-electron chi connectivity index (χ0n) is 19.5. The van der Waals surface area contributed by atoms with Crippen molar-refractivity contribution in [3.05, 3.63) is 90.6 Å². The van der Waals surface area contributed by atoms with Crippen LogP contribution in [0.5, 0.6) is 11.5 Å². The second-order valence-electron chi connectivity index (χ2n) is 7.56. The summed E-state index contributed by atoms with van der Waals surface area (Å²) in [5.74, 6) is 0.604. The number of thiazole rings is 1. The Morgan fingerprint density at radius 1 is 1.12 bits per heavy atom. The highest BCUT2D eigenvalue weighted by Crippen LogP contribution is 2.36. The van der Waals surface area contributed by atoms with E-state index >= 15 is 0 Å². The first-order valence-corrected chi connectivity index (χ1v) is 11.9. The minimum Gasteiger partial charge on any atom is -0.493 e. The number of rotatable bonds is 7. The molecule has 0 fully saturated rings. The summed E-state index contributed by atoms with van der Waals surface area (Å²) in [4.78, 5) is 31.8. The lowest BCUT2D eigenvalue weighted by Gasteiger charge is -2.25. The number of methoxy groups -OCH3 is 1. The van der Waals surface area contributed by atoms with E-state index in [1.54, 1.807) is 37.7 Å². The average molecular weight is 479 g/mol. The molecule has 1 atom stereocenters. The van der Waals surface area contributed by atoms with Crippen molar-refractivity contribution in [1.82, 2.24) is 4.57 Å². The molecule has 0 spiro atoms. The number of ether oxygens (including phenoxy) is 3. The third-order valence-electron chi connectivity index (χ3n) is 5.42. The van der Waals surface area contributed by atoms with Crippen molar-refractivity contribution < 1.29 is 19.0 Å². The van der Waals surface area contributed by atoms with Crippen LogP contribution in [-0.4, -0.2) is 30.9 Å². The average Bonchev–Trinajstić information content (AvgIpc) is 3.13. The highest BCUT2D eigenvalue weighted by atomic mass is 32.1. The number of carbonyl (C=O) groups is 1. The van der Waals surface area contributed by atoms with Crippen LogP contribution in [0.1, 0.15) is 37.9 Å². The predicted octanol–water partition coefficient (Wildman–Crippen LogP) is 3.21. The van der Waals surface area contributed by atoms with Gasteiger partial charge in [-0.25, -0.2) is 9.79 Å². The van der Waals surface area contributed by atoms with Gasteiger partial charge >= 0.3 is 5.97 Å². The Bertz CT molecular complexity index is 1420. The van der Waals surface area contributed by atoms with Crippen LogP contribution in [0.3, 0.4) is 0 Å². The lowest BCUT2D eigenvalue weighted by molar-refractivity contribution is -0.139. The molecule has 176 valence electrons. The van der Waals surface area contributed by atoms with E-state index < -0.39 is 12.0 Å².